The molecule has 1 rings (SSSR count). The standard InChI is InChI=1S/C12H12Cl3NO4/c1-18-8-4-6(7(13)5-9(8)19-2)10(14)11(15)16-12(17)20-3/h4-5H,1-3H3,(H,16,17)/b11-10+. The largest absolute Gasteiger partial charge is 0.493 e. The molecular formula is C12H12Cl3NO4. The molecule has 0 atom stereocenters. The molecule has 0 bridgehead atoms. The number of hydrogen-bond donors (Lipinski definition) is 1. The lowest BCUT2D eigenvalue weighted by atomic mass is 10.2. The Balaban J connectivity index is 3.24. The van der Waals surface area contributed by atoms with Crippen LogP contribution in [0.25, 0.3) is 5.03 Å². The van der Waals surface area contributed by atoms with Gasteiger partial charge in [-0.2, -0.15) is 0 Å². The Morgan fingerprint density at radius 3 is 2.15 bits per heavy atom. The molecule has 1 aromatic carbocycles. The molecule has 20 heavy (non-hydrogen) atoms. The minimum atomic E-state index is -0.746. The first-order valence-electron chi connectivity index (χ1n) is 5.26. The van der Waals surface area contributed by atoms with Crippen molar-refractivity contribution < 1.29 is 19.0 Å². The fourth-order valence-electron chi connectivity index (χ4n) is 1.34. The van der Waals surface area contributed by atoms with Crippen molar-refractivity contribution >= 4 is 45.9 Å². The van der Waals surface area contributed by atoms with Gasteiger partial charge in [-0.3, -0.25) is 5.32 Å². The summed E-state index contributed by atoms with van der Waals surface area (Å²) in [5, 5.41) is 2.46. The number of rotatable bonds is 4. The number of nitrogens with one attached hydrogen (secondary N) is 1. The molecule has 0 saturated heterocycles. The maximum Gasteiger partial charge on any atom is 0.412 e. The van der Waals surface area contributed by atoms with Gasteiger partial charge in [0.05, 0.1) is 31.4 Å². The van der Waals surface area contributed by atoms with Crippen LogP contribution in [0.4, 0.5) is 4.79 Å². The molecule has 0 spiro atoms. The van der Waals surface area contributed by atoms with Crippen LogP contribution in [0.1, 0.15) is 5.56 Å². The van der Waals surface area contributed by atoms with E-state index in [1.54, 1.807) is 6.07 Å². The second-order valence-corrected chi connectivity index (χ2v) is 4.59. The summed E-state index contributed by atoms with van der Waals surface area (Å²) in [6, 6.07) is 3.07. The van der Waals surface area contributed by atoms with Crippen LogP contribution >= 0.6 is 34.8 Å². The smallest absolute Gasteiger partial charge is 0.412 e. The zero-order valence-corrected chi connectivity index (χ0v) is 13.2. The number of hydrogen-bond acceptors (Lipinski definition) is 4. The van der Waals surface area contributed by atoms with Crippen molar-refractivity contribution in [3.63, 3.8) is 0 Å². The van der Waals surface area contributed by atoms with Gasteiger partial charge >= 0.3 is 6.09 Å². The van der Waals surface area contributed by atoms with Crippen LogP contribution in [0.2, 0.25) is 5.02 Å². The predicted octanol–water partition coefficient (Wildman–Crippen LogP) is 3.82. The van der Waals surface area contributed by atoms with Crippen LogP contribution < -0.4 is 14.8 Å². The summed E-state index contributed by atoms with van der Waals surface area (Å²) >= 11 is 18.1. The molecule has 0 aromatic heterocycles. The lowest BCUT2D eigenvalue weighted by Gasteiger charge is -2.12. The molecule has 0 heterocycles. The molecule has 0 radical (unpaired) electrons. The number of carbonyl (C=O) groups is 1. The number of ether oxygens (including phenoxy) is 3. The van der Waals surface area contributed by atoms with Crippen LogP contribution in [-0.2, 0) is 4.74 Å². The summed E-state index contributed by atoms with van der Waals surface area (Å²) in [6.45, 7) is 0. The first kappa shape index (κ1) is 16.8. The second-order valence-electron chi connectivity index (χ2n) is 3.43. The van der Waals surface area contributed by atoms with E-state index >= 15 is 0 Å². The van der Waals surface area contributed by atoms with E-state index in [-0.39, 0.29) is 15.2 Å². The van der Waals surface area contributed by atoms with Crippen LogP contribution in [-0.4, -0.2) is 27.4 Å². The molecule has 1 aromatic rings. The fourth-order valence-corrected chi connectivity index (χ4v) is 2.02. The van der Waals surface area contributed by atoms with Crippen molar-refractivity contribution in [2.45, 2.75) is 0 Å². The third kappa shape index (κ3) is 3.85. The quantitative estimate of drug-likeness (QED) is 0.847. The third-order valence-corrected chi connectivity index (χ3v) is 3.39. The summed E-state index contributed by atoms with van der Waals surface area (Å²) in [6.07, 6.45) is -0.746. The minimum Gasteiger partial charge on any atom is -0.493 e. The lowest BCUT2D eigenvalue weighted by Crippen LogP contribution is -2.20. The average molecular weight is 341 g/mol. The van der Waals surface area contributed by atoms with E-state index < -0.39 is 6.09 Å². The topological polar surface area (TPSA) is 56.8 Å². The van der Waals surface area contributed by atoms with Gasteiger partial charge in [0, 0.05) is 11.6 Å². The Labute approximate surface area is 131 Å². The molecule has 8 heteroatoms. The number of methoxy groups -OCH3 is 3. The molecule has 0 aliphatic rings. The van der Waals surface area contributed by atoms with Crippen LogP contribution in [0, 0.1) is 0 Å². The van der Waals surface area contributed by atoms with Gasteiger partial charge in [-0.15, -0.1) is 0 Å². The highest BCUT2D eigenvalue weighted by atomic mass is 35.5. The van der Waals surface area contributed by atoms with Crippen molar-refractivity contribution in [1.29, 1.82) is 0 Å². The molecule has 0 fully saturated rings. The van der Waals surface area contributed by atoms with Crippen LogP contribution in [0.15, 0.2) is 17.3 Å². The van der Waals surface area contributed by atoms with E-state index in [1.165, 1.54) is 27.4 Å². The predicted molar refractivity (Wildman–Crippen MR) is 78.7 cm³/mol. The van der Waals surface area contributed by atoms with Gasteiger partial charge in [-0.25, -0.2) is 4.79 Å². The molecule has 1 amide bonds. The Kier molecular flexibility index (Phi) is 6.26. The fraction of sp³-hybridized carbons (Fsp3) is 0.250. The van der Waals surface area contributed by atoms with Crippen LogP contribution in [0.3, 0.4) is 0 Å². The number of halogens is 3. The number of amides is 1. The minimum absolute atomic E-state index is 0.0445. The van der Waals surface area contributed by atoms with Gasteiger partial charge in [0.1, 0.15) is 5.16 Å². The number of alkyl carbamates (subject to hydrolysis) is 1. The first-order chi connectivity index (χ1) is 9.44. The SMILES string of the molecule is COC(=O)N/C(Cl)=C(/Cl)c1cc(OC)c(OC)cc1Cl. The highest BCUT2D eigenvalue weighted by molar-refractivity contribution is 6.56. The van der Waals surface area contributed by atoms with Gasteiger partial charge in [0.25, 0.3) is 0 Å². The van der Waals surface area contributed by atoms with E-state index in [9.17, 15) is 4.79 Å². The highest BCUT2D eigenvalue weighted by Gasteiger charge is 2.16. The van der Waals surface area contributed by atoms with E-state index in [1.807, 2.05) is 0 Å². The van der Waals surface area contributed by atoms with E-state index in [0.29, 0.717) is 17.1 Å². The Hall–Kier alpha value is -1.30. The van der Waals surface area contributed by atoms with Crippen molar-refractivity contribution in [2.24, 2.45) is 0 Å². The van der Waals surface area contributed by atoms with Gasteiger partial charge in [0.15, 0.2) is 11.5 Å². The van der Waals surface area contributed by atoms with Crippen molar-refractivity contribution in [3.05, 3.63) is 27.9 Å². The highest BCUT2D eigenvalue weighted by Crippen LogP contribution is 2.38. The van der Waals surface area contributed by atoms with Crippen molar-refractivity contribution in [1.82, 2.24) is 5.32 Å². The summed E-state index contributed by atoms with van der Waals surface area (Å²) in [4.78, 5) is 11.1. The number of benzene rings is 1. The van der Waals surface area contributed by atoms with Crippen molar-refractivity contribution in [2.75, 3.05) is 21.3 Å². The summed E-state index contributed by atoms with van der Waals surface area (Å²) in [5.74, 6) is 0.871. The van der Waals surface area contributed by atoms with Gasteiger partial charge < -0.3 is 14.2 Å². The Morgan fingerprint density at radius 1 is 1.10 bits per heavy atom. The van der Waals surface area contributed by atoms with E-state index in [2.05, 4.69) is 10.1 Å². The molecule has 0 saturated carbocycles. The zero-order valence-electron chi connectivity index (χ0n) is 10.9. The third-order valence-electron chi connectivity index (χ3n) is 2.30. The number of carbonyl (C=O) groups excluding carboxylic acids is 1. The second kappa shape index (κ2) is 7.47. The van der Waals surface area contributed by atoms with E-state index in [4.69, 9.17) is 44.3 Å². The summed E-state index contributed by atoms with van der Waals surface area (Å²) < 4.78 is 14.7. The lowest BCUT2D eigenvalue weighted by molar-refractivity contribution is 0.175. The van der Waals surface area contributed by atoms with Gasteiger partial charge in [-0.05, 0) is 6.07 Å². The first-order valence-corrected chi connectivity index (χ1v) is 6.40. The maximum atomic E-state index is 11.1. The Morgan fingerprint density at radius 2 is 1.65 bits per heavy atom. The van der Waals surface area contributed by atoms with Gasteiger partial charge in [-0.1, -0.05) is 34.8 Å². The normalized spacial score (nSPS) is 11.5. The molecule has 110 valence electrons. The van der Waals surface area contributed by atoms with Gasteiger partial charge in [0.2, 0.25) is 0 Å². The molecular weight excluding hydrogens is 328 g/mol. The molecule has 1 N–H and O–H groups in total. The molecule has 5 nitrogen and oxygen atoms in total. The molecule has 0 aliphatic heterocycles. The molecule has 0 aliphatic carbocycles. The van der Waals surface area contributed by atoms with Crippen LogP contribution in [0.5, 0.6) is 11.5 Å². The Bertz CT molecular complexity index is 546. The summed E-state index contributed by atoms with van der Waals surface area (Å²) in [7, 11) is 4.16. The summed E-state index contributed by atoms with van der Waals surface area (Å²) in [5.41, 5.74) is 0.382. The van der Waals surface area contributed by atoms with E-state index in [0.717, 1.165) is 0 Å². The molecule has 0 unspecified atom stereocenters. The maximum absolute atomic E-state index is 11.1. The zero-order chi connectivity index (χ0) is 15.3. The monoisotopic (exact) mass is 339 g/mol. The average Bonchev–Trinajstić information content (AvgIpc) is 2.45. The van der Waals surface area contributed by atoms with Crippen molar-refractivity contribution in [3.8, 4) is 11.5 Å².